The summed E-state index contributed by atoms with van der Waals surface area (Å²) in [5.74, 6) is -0.265. The Kier molecular flexibility index (Phi) is 4.90. The van der Waals surface area contributed by atoms with Gasteiger partial charge in [-0.05, 0) is 23.6 Å². The van der Waals surface area contributed by atoms with Gasteiger partial charge in [0.05, 0.1) is 12.5 Å². The second-order valence-electron chi connectivity index (χ2n) is 4.39. The minimum atomic E-state index is -0.281. The van der Waals surface area contributed by atoms with Crippen LogP contribution in [0.5, 0.6) is 0 Å². The van der Waals surface area contributed by atoms with Crippen molar-refractivity contribution in [1.29, 1.82) is 0 Å². The first kappa shape index (κ1) is 14.3. The molecule has 104 valence electrons. The summed E-state index contributed by atoms with van der Waals surface area (Å²) < 4.78 is 0. The molecule has 2 rings (SSSR count). The second kappa shape index (κ2) is 6.86. The van der Waals surface area contributed by atoms with Crippen LogP contribution in [0.1, 0.15) is 24.3 Å². The number of thiophene rings is 1. The van der Waals surface area contributed by atoms with E-state index in [2.05, 4.69) is 10.6 Å². The predicted octanol–water partition coefficient (Wildman–Crippen LogP) is 2.95. The number of para-hydroxylation sites is 1. The molecular weight excluding hydrogens is 272 g/mol. The van der Waals surface area contributed by atoms with E-state index in [1.165, 1.54) is 18.3 Å². The molecule has 0 radical (unpaired) electrons. The topological polar surface area (TPSA) is 58.2 Å². The molecule has 0 aliphatic carbocycles. The van der Waals surface area contributed by atoms with Crippen molar-refractivity contribution in [3.63, 3.8) is 0 Å². The molecule has 1 heterocycles. The Bertz CT molecular complexity index is 567. The van der Waals surface area contributed by atoms with E-state index < -0.39 is 0 Å². The smallest absolute Gasteiger partial charge is 0.226 e. The molecule has 0 saturated carbocycles. The summed E-state index contributed by atoms with van der Waals surface area (Å²) in [5, 5.41) is 7.56. The number of nitrogens with one attached hydrogen (secondary N) is 2. The minimum absolute atomic E-state index is 0.122. The summed E-state index contributed by atoms with van der Waals surface area (Å²) >= 11 is 1.53. The number of hydrogen-bond acceptors (Lipinski definition) is 3. The van der Waals surface area contributed by atoms with Crippen LogP contribution in [-0.2, 0) is 9.59 Å². The van der Waals surface area contributed by atoms with Crippen LogP contribution in [0.4, 0.5) is 5.69 Å². The molecule has 0 unspecified atom stereocenters. The van der Waals surface area contributed by atoms with Gasteiger partial charge in [-0.1, -0.05) is 24.3 Å². The summed E-state index contributed by atoms with van der Waals surface area (Å²) in [6.45, 7) is 1.45. The summed E-state index contributed by atoms with van der Waals surface area (Å²) in [4.78, 5) is 24.3. The van der Waals surface area contributed by atoms with E-state index >= 15 is 0 Å². The zero-order valence-electron chi connectivity index (χ0n) is 11.1. The third-order valence-electron chi connectivity index (χ3n) is 2.71. The lowest BCUT2D eigenvalue weighted by molar-refractivity contribution is -0.120. The third-order valence-corrected chi connectivity index (χ3v) is 3.70. The standard InChI is InChI=1S/C15H16N2O2S/c1-11(18)16-13(14-8-5-9-20-14)10-15(19)17-12-6-3-2-4-7-12/h2-9,13H,10H2,1H3,(H,16,18)(H,17,19)/t13-/m0/s1. The van der Waals surface area contributed by atoms with Gasteiger partial charge in [0.2, 0.25) is 11.8 Å². The molecule has 2 amide bonds. The second-order valence-corrected chi connectivity index (χ2v) is 5.37. The van der Waals surface area contributed by atoms with Gasteiger partial charge in [0.25, 0.3) is 0 Å². The number of amides is 2. The summed E-state index contributed by atoms with van der Waals surface area (Å²) in [6, 6.07) is 12.8. The third kappa shape index (κ3) is 4.20. The fraction of sp³-hybridized carbons (Fsp3) is 0.200. The van der Waals surface area contributed by atoms with Gasteiger partial charge in [0, 0.05) is 17.5 Å². The van der Waals surface area contributed by atoms with E-state index in [0.29, 0.717) is 0 Å². The quantitative estimate of drug-likeness (QED) is 0.888. The normalized spacial score (nSPS) is 11.7. The van der Waals surface area contributed by atoms with Crippen molar-refractivity contribution in [3.05, 3.63) is 52.7 Å². The molecule has 0 aliphatic rings. The average molecular weight is 288 g/mol. The summed E-state index contributed by atoms with van der Waals surface area (Å²) in [7, 11) is 0. The Morgan fingerprint density at radius 2 is 1.90 bits per heavy atom. The highest BCUT2D eigenvalue weighted by atomic mass is 32.1. The van der Waals surface area contributed by atoms with Crippen molar-refractivity contribution < 1.29 is 9.59 Å². The Morgan fingerprint density at radius 3 is 2.50 bits per heavy atom. The van der Waals surface area contributed by atoms with E-state index in [9.17, 15) is 9.59 Å². The van der Waals surface area contributed by atoms with Crippen LogP contribution in [0.15, 0.2) is 47.8 Å². The number of carbonyl (C=O) groups is 2. The van der Waals surface area contributed by atoms with Crippen LogP contribution in [0, 0.1) is 0 Å². The molecule has 2 aromatic rings. The number of benzene rings is 1. The maximum absolute atomic E-state index is 12.0. The van der Waals surface area contributed by atoms with Crippen molar-refractivity contribution in [3.8, 4) is 0 Å². The number of hydrogen-bond donors (Lipinski definition) is 2. The molecule has 1 aromatic carbocycles. The number of anilines is 1. The lowest BCUT2D eigenvalue weighted by atomic mass is 10.1. The van der Waals surface area contributed by atoms with Crippen LogP contribution in [0.3, 0.4) is 0 Å². The predicted molar refractivity (Wildman–Crippen MR) is 80.6 cm³/mol. The highest BCUT2D eigenvalue weighted by Gasteiger charge is 2.17. The van der Waals surface area contributed by atoms with Crippen LogP contribution in [-0.4, -0.2) is 11.8 Å². The van der Waals surface area contributed by atoms with Gasteiger partial charge in [0.1, 0.15) is 0 Å². The van der Waals surface area contributed by atoms with E-state index in [1.807, 2.05) is 47.8 Å². The highest BCUT2D eigenvalue weighted by Crippen LogP contribution is 2.22. The van der Waals surface area contributed by atoms with Crippen LogP contribution in [0.2, 0.25) is 0 Å². The zero-order valence-corrected chi connectivity index (χ0v) is 11.9. The maximum Gasteiger partial charge on any atom is 0.226 e. The van der Waals surface area contributed by atoms with Gasteiger partial charge in [-0.2, -0.15) is 0 Å². The summed E-state index contributed by atoms with van der Waals surface area (Å²) in [5.41, 5.74) is 0.755. The SMILES string of the molecule is CC(=O)N[C@@H](CC(=O)Nc1ccccc1)c1cccs1. The molecule has 1 aromatic heterocycles. The Hall–Kier alpha value is -2.14. The molecule has 0 aliphatic heterocycles. The van der Waals surface area contributed by atoms with Crippen molar-refractivity contribution in [2.75, 3.05) is 5.32 Å². The molecular formula is C15H16N2O2S. The Balaban J connectivity index is 2.00. The molecule has 0 bridgehead atoms. The fourth-order valence-electron chi connectivity index (χ4n) is 1.88. The lowest BCUT2D eigenvalue weighted by Gasteiger charge is -2.16. The molecule has 4 nitrogen and oxygen atoms in total. The average Bonchev–Trinajstić information content (AvgIpc) is 2.92. The van der Waals surface area contributed by atoms with Crippen LogP contribution in [0.25, 0.3) is 0 Å². The van der Waals surface area contributed by atoms with E-state index in [-0.39, 0.29) is 24.3 Å². The van der Waals surface area contributed by atoms with E-state index in [1.54, 1.807) is 0 Å². The van der Waals surface area contributed by atoms with Gasteiger partial charge in [-0.15, -0.1) is 11.3 Å². The molecule has 5 heteroatoms. The van der Waals surface area contributed by atoms with Gasteiger partial charge in [0.15, 0.2) is 0 Å². The van der Waals surface area contributed by atoms with Crippen molar-refractivity contribution >= 4 is 28.8 Å². The van der Waals surface area contributed by atoms with Gasteiger partial charge in [-0.25, -0.2) is 0 Å². The molecule has 0 saturated heterocycles. The van der Waals surface area contributed by atoms with Crippen molar-refractivity contribution in [1.82, 2.24) is 5.32 Å². The molecule has 20 heavy (non-hydrogen) atoms. The first-order valence-electron chi connectivity index (χ1n) is 6.30. The van der Waals surface area contributed by atoms with Crippen molar-refractivity contribution in [2.45, 2.75) is 19.4 Å². The Morgan fingerprint density at radius 1 is 1.15 bits per heavy atom. The highest BCUT2D eigenvalue weighted by molar-refractivity contribution is 7.10. The first-order valence-corrected chi connectivity index (χ1v) is 7.18. The maximum atomic E-state index is 12.0. The monoisotopic (exact) mass is 288 g/mol. The molecule has 2 N–H and O–H groups in total. The number of carbonyl (C=O) groups excluding carboxylic acids is 2. The van der Waals surface area contributed by atoms with Crippen LogP contribution >= 0.6 is 11.3 Å². The Labute approximate surface area is 121 Å². The molecule has 0 spiro atoms. The fourth-order valence-corrected chi connectivity index (χ4v) is 2.65. The first-order chi connectivity index (χ1) is 9.65. The lowest BCUT2D eigenvalue weighted by Crippen LogP contribution is -2.29. The van der Waals surface area contributed by atoms with Crippen LogP contribution < -0.4 is 10.6 Å². The van der Waals surface area contributed by atoms with Gasteiger partial charge >= 0.3 is 0 Å². The summed E-state index contributed by atoms with van der Waals surface area (Å²) in [6.07, 6.45) is 0.217. The largest absolute Gasteiger partial charge is 0.348 e. The van der Waals surface area contributed by atoms with Gasteiger partial charge < -0.3 is 10.6 Å². The van der Waals surface area contributed by atoms with E-state index in [0.717, 1.165) is 10.6 Å². The zero-order chi connectivity index (χ0) is 14.4. The van der Waals surface area contributed by atoms with Crippen molar-refractivity contribution in [2.24, 2.45) is 0 Å². The molecule has 0 fully saturated rings. The minimum Gasteiger partial charge on any atom is -0.348 e. The molecule has 1 atom stereocenters. The van der Waals surface area contributed by atoms with Gasteiger partial charge in [-0.3, -0.25) is 9.59 Å². The van der Waals surface area contributed by atoms with E-state index in [4.69, 9.17) is 0 Å². The number of rotatable bonds is 5.